The van der Waals surface area contributed by atoms with E-state index in [1.165, 1.54) is 0 Å². The Kier molecular flexibility index (Phi) is 4.90. The Morgan fingerprint density at radius 1 is 1.26 bits per heavy atom. The molecule has 2 rings (SSSR count). The van der Waals surface area contributed by atoms with Crippen molar-refractivity contribution in [3.05, 3.63) is 57.4 Å². The lowest BCUT2D eigenvalue weighted by molar-refractivity contribution is 0.103. The number of carbonyl (C=O) groups excluding carboxylic acids is 1. The molecule has 2 aromatic rings. The molecule has 1 aromatic heterocycles. The van der Waals surface area contributed by atoms with Gasteiger partial charge in [-0.2, -0.15) is 0 Å². The molecule has 0 aliphatic heterocycles. The maximum absolute atomic E-state index is 12.3. The first-order chi connectivity index (χ1) is 9.20. The molecule has 1 aromatic carbocycles. The van der Waals surface area contributed by atoms with Crippen LogP contribution in [-0.2, 0) is 0 Å². The molecule has 0 aliphatic rings. The Morgan fingerprint density at radius 3 is 2.84 bits per heavy atom. The van der Waals surface area contributed by atoms with Gasteiger partial charge in [0.1, 0.15) is 5.75 Å². The summed E-state index contributed by atoms with van der Waals surface area (Å²) in [7, 11) is 0. The lowest BCUT2D eigenvalue weighted by Crippen LogP contribution is -2.03. The van der Waals surface area contributed by atoms with E-state index in [1.54, 1.807) is 18.5 Å². The number of ketones is 1. The van der Waals surface area contributed by atoms with E-state index in [0.29, 0.717) is 23.5 Å². The van der Waals surface area contributed by atoms with Gasteiger partial charge in [-0.25, -0.2) is 0 Å². The summed E-state index contributed by atoms with van der Waals surface area (Å²) in [5, 5.41) is 0. The average Bonchev–Trinajstić information content (AvgIpc) is 2.44. The highest BCUT2D eigenvalue weighted by Gasteiger charge is 2.10. The van der Waals surface area contributed by atoms with Gasteiger partial charge in [-0.05, 0) is 47.2 Å². The maximum Gasteiger partial charge on any atom is 0.194 e. The van der Waals surface area contributed by atoms with Crippen molar-refractivity contribution >= 4 is 28.4 Å². The molecule has 0 amide bonds. The van der Waals surface area contributed by atoms with Gasteiger partial charge in [0.25, 0.3) is 0 Å². The summed E-state index contributed by atoms with van der Waals surface area (Å²) >= 11 is 2.19. The van der Waals surface area contributed by atoms with E-state index in [9.17, 15) is 4.79 Å². The summed E-state index contributed by atoms with van der Waals surface area (Å²) < 4.78 is 6.53. The van der Waals surface area contributed by atoms with Gasteiger partial charge >= 0.3 is 0 Å². The molecular weight excluding hydrogens is 353 g/mol. The Bertz CT molecular complexity index is 584. The first kappa shape index (κ1) is 14.0. The summed E-state index contributed by atoms with van der Waals surface area (Å²) in [6.07, 6.45) is 4.12. The van der Waals surface area contributed by atoms with E-state index in [-0.39, 0.29) is 5.78 Å². The van der Waals surface area contributed by atoms with E-state index < -0.39 is 0 Å². The smallest absolute Gasteiger partial charge is 0.194 e. The van der Waals surface area contributed by atoms with Gasteiger partial charge in [-0.3, -0.25) is 9.78 Å². The number of hydrogen-bond donors (Lipinski definition) is 0. The Morgan fingerprint density at radius 2 is 2.11 bits per heavy atom. The molecule has 0 fully saturated rings. The number of aromatic nitrogens is 1. The fourth-order valence-corrected chi connectivity index (χ4v) is 2.18. The van der Waals surface area contributed by atoms with Gasteiger partial charge in [-0.1, -0.05) is 19.1 Å². The minimum absolute atomic E-state index is 0.0343. The fourth-order valence-electron chi connectivity index (χ4n) is 1.64. The first-order valence-electron chi connectivity index (χ1n) is 6.09. The molecule has 3 nitrogen and oxygen atoms in total. The number of hydrogen-bond acceptors (Lipinski definition) is 3. The second-order valence-corrected chi connectivity index (χ2v) is 5.34. The largest absolute Gasteiger partial charge is 0.492 e. The van der Waals surface area contributed by atoms with E-state index in [1.807, 2.05) is 31.2 Å². The van der Waals surface area contributed by atoms with Crippen molar-refractivity contribution in [1.82, 2.24) is 4.98 Å². The van der Waals surface area contributed by atoms with Crippen molar-refractivity contribution in [3.8, 4) is 5.75 Å². The molecule has 4 heteroatoms. The predicted molar refractivity (Wildman–Crippen MR) is 82.6 cm³/mol. The molecule has 0 unspecified atom stereocenters. The van der Waals surface area contributed by atoms with Crippen molar-refractivity contribution in [2.24, 2.45) is 0 Å². The van der Waals surface area contributed by atoms with Crippen LogP contribution in [0.15, 0.2) is 42.7 Å². The highest BCUT2D eigenvalue weighted by molar-refractivity contribution is 14.1. The third-order valence-electron chi connectivity index (χ3n) is 2.54. The van der Waals surface area contributed by atoms with Crippen LogP contribution in [0.2, 0.25) is 0 Å². The number of carbonyl (C=O) groups is 1. The third-order valence-corrected chi connectivity index (χ3v) is 3.21. The molecule has 0 radical (unpaired) electrons. The Balaban J connectivity index is 2.24. The van der Waals surface area contributed by atoms with Crippen LogP contribution in [-0.4, -0.2) is 17.4 Å². The number of ether oxygens (including phenoxy) is 1. The minimum atomic E-state index is -0.0343. The zero-order valence-electron chi connectivity index (χ0n) is 10.6. The van der Waals surface area contributed by atoms with Gasteiger partial charge < -0.3 is 4.74 Å². The van der Waals surface area contributed by atoms with Crippen molar-refractivity contribution in [2.75, 3.05) is 6.61 Å². The molecule has 0 N–H and O–H groups in total. The summed E-state index contributed by atoms with van der Waals surface area (Å²) in [5.74, 6) is 0.603. The summed E-state index contributed by atoms with van der Waals surface area (Å²) in [6.45, 7) is 2.66. The molecule has 0 bridgehead atoms. The topological polar surface area (TPSA) is 39.2 Å². The highest BCUT2D eigenvalue weighted by atomic mass is 127. The SMILES string of the molecule is CCCOc1cncc(C(=O)c2cccc(I)c2)c1. The molecule has 1 heterocycles. The van der Waals surface area contributed by atoms with E-state index in [2.05, 4.69) is 27.6 Å². The fraction of sp³-hybridized carbons (Fsp3) is 0.200. The van der Waals surface area contributed by atoms with E-state index in [4.69, 9.17) is 4.74 Å². The van der Waals surface area contributed by atoms with Crippen molar-refractivity contribution < 1.29 is 9.53 Å². The first-order valence-corrected chi connectivity index (χ1v) is 7.16. The Labute approximate surface area is 126 Å². The number of pyridine rings is 1. The van der Waals surface area contributed by atoms with Crippen molar-refractivity contribution in [2.45, 2.75) is 13.3 Å². The standard InChI is InChI=1S/C15H14INO2/c1-2-6-19-14-8-12(9-17-10-14)15(18)11-4-3-5-13(16)7-11/h3-5,7-10H,2,6H2,1H3. The van der Waals surface area contributed by atoms with E-state index in [0.717, 1.165) is 9.99 Å². The molecule has 19 heavy (non-hydrogen) atoms. The molecule has 98 valence electrons. The van der Waals surface area contributed by atoms with Crippen LogP contribution in [0.5, 0.6) is 5.75 Å². The lowest BCUT2D eigenvalue weighted by Gasteiger charge is -2.06. The van der Waals surface area contributed by atoms with Crippen LogP contribution in [0, 0.1) is 3.57 Å². The van der Waals surface area contributed by atoms with Crippen LogP contribution in [0.25, 0.3) is 0 Å². The van der Waals surface area contributed by atoms with Gasteiger partial charge in [0.15, 0.2) is 5.78 Å². The molecule has 0 saturated carbocycles. The molecule has 0 atom stereocenters. The normalized spacial score (nSPS) is 10.2. The zero-order chi connectivity index (χ0) is 13.7. The molecular formula is C15H14INO2. The predicted octanol–water partition coefficient (Wildman–Crippen LogP) is 3.71. The van der Waals surface area contributed by atoms with E-state index >= 15 is 0 Å². The maximum atomic E-state index is 12.3. The number of nitrogens with zero attached hydrogens (tertiary/aromatic N) is 1. The summed E-state index contributed by atoms with van der Waals surface area (Å²) in [6, 6.07) is 9.24. The van der Waals surface area contributed by atoms with Crippen molar-refractivity contribution in [1.29, 1.82) is 0 Å². The highest BCUT2D eigenvalue weighted by Crippen LogP contribution is 2.16. The summed E-state index contributed by atoms with van der Waals surface area (Å²) in [5.41, 5.74) is 1.22. The lowest BCUT2D eigenvalue weighted by atomic mass is 10.1. The average molecular weight is 367 g/mol. The Hall–Kier alpha value is -1.43. The van der Waals surface area contributed by atoms with Gasteiger partial charge in [0.05, 0.1) is 12.8 Å². The van der Waals surface area contributed by atoms with Gasteiger partial charge in [0.2, 0.25) is 0 Å². The third kappa shape index (κ3) is 3.76. The van der Waals surface area contributed by atoms with Crippen molar-refractivity contribution in [3.63, 3.8) is 0 Å². The van der Waals surface area contributed by atoms with Gasteiger partial charge in [0, 0.05) is 20.9 Å². The van der Waals surface area contributed by atoms with Crippen LogP contribution >= 0.6 is 22.6 Å². The minimum Gasteiger partial charge on any atom is -0.492 e. The molecule has 0 saturated heterocycles. The second kappa shape index (κ2) is 6.65. The van der Waals surface area contributed by atoms with Crippen LogP contribution in [0.3, 0.4) is 0 Å². The number of rotatable bonds is 5. The summed E-state index contributed by atoms with van der Waals surface area (Å²) in [4.78, 5) is 16.4. The van der Waals surface area contributed by atoms with Crippen LogP contribution in [0.1, 0.15) is 29.3 Å². The second-order valence-electron chi connectivity index (χ2n) is 4.10. The van der Waals surface area contributed by atoms with Gasteiger partial charge in [-0.15, -0.1) is 0 Å². The number of halogens is 1. The zero-order valence-corrected chi connectivity index (χ0v) is 12.8. The van der Waals surface area contributed by atoms with Crippen LogP contribution < -0.4 is 4.74 Å². The van der Waals surface area contributed by atoms with Crippen LogP contribution in [0.4, 0.5) is 0 Å². The quantitative estimate of drug-likeness (QED) is 0.598. The molecule has 0 aliphatic carbocycles. The number of benzene rings is 1. The monoisotopic (exact) mass is 367 g/mol. The molecule has 0 spiro atoms.